The van der Waals surface area contributed by atoms with Crippen LogP contribution in [-0.4, -0.2) is 28.1 Å². The SMILES string of the molecule is C1CO1.C[Si]1(C)CCCCO1. The van der Waals surface area contributed by atoms with Crippen LogP contribution < -0.4 is 0 Å². The van der Waals surface area contributed by atoms with Crippen molar-refractivity contribution >= 4 is 8.32 Å². The van der Waals surface area contributed by atoms with Crippen LogP contribution in [0.3, 0.4) is 0 Å². The zero-order valence-electron chi connectivity index (χ0n) is 7.56. The molecule has 2 nitrogen and oxygen atoms in total. The summed E-state index contributed by atoms with van der Waals surface area (Å²) in [4.78, 5) is 0. The fourth-order valence-corrected chi connectivity index (χ4v) is 3.02. The Kier molecular flexibility index (Phi) is 3.55. The summed E-state index contributed by atoms with van der Waals surface area (Å²) in [6.45, 7) is 7.62. The summed E-state index contributed by atoms with van der Waals surface area (Å²) in [5.74, 6) is 0. The third kappa shape index (κ3) is 5.41. The number of hydrogen-bond acceptors (Lipinski definition) is 2. The van der Waals surface area contributed by atoms with Crippen LogP contribution >= 0.6 is 0 Å². The summed E-state index contributed by atoms with van der Waals surface area (Å²) < 4.78 is 10.1. The quantitative estimate of drug-likeness (QED) is 0.414. The summed E-state index contributed by atoms with van der Waals surface area (Å²) >= 11 is 0. The Morgan fingerprint density at radius 3 is 1.82 bits per heavy atom. The maximum Gasteiger partial charge on any atom is 0.186 e. The minimum atomic E-state index is -1.09. The molecule has 0 aromatic rings. The third-order valence-corrected chi connectivity index (χ3v) is 4.41. The van der Waals surface area contributed by atoms with Gasteiger partial charge in [0.1, 0.15) is 0 Å². The van der Waals surface area contributed by atoms with Gasteiger partial charge in [0, 0.05) is 6.61 Å². The van der Waals surface area contributed by atoms with Crippen molar-refractivity contribution in [3.8, 4) is 0 Å². The molecule has 2 aliphatic rings. The van der Waals surface area contributed by atoms with Gasteiger partial charge in [0.05, 0.1) is 13.2 Å². The van der Waals surface area contributed by atoms with E-state index in [1.807, 2.05) is 0 Å². The molecule has 2 saturated heterocycles. The molecule has 0 aliphatic carbocycles. The Labute approximate surface area is 70.0 Å². The molecule has 11 heavy (non-hydrogen) atoms. The van der Waals surface area contributed by atoms with Gasteiger partial charge in [-0.2, -0.15) is 0 Å². The average Bonchev–Trinajstić information content (AvgIpc) is 2.70. The lowest BCUT2D eigenvalue weighted by molar-refractivity contribution is 0.275. The first kappa shape index (κ1) is 9.23. The molecule has 0 saturated carbocycles. The van der Waals surface area contributed by atoms with E-state index < -0.39 is 8.32 Å². The number of epoxide rings is 1. The van der Waals surface area contributed by atoms with Crippen LogP contribution in [-0.2, 0) is 9.16 Å². The topological polar surface area (TPSA) is 21.8 Å². The van der Waals surface area contributed by atoms with Gasteiger partial charge in [-0.15, -0.1) is 0 Å². The third-order valence-electron chi connectivity index (χ3n) is 1.87. The number of rotatable bonds is 0. The largest absolute Gasteiger partial charge is 0.417 e. The zero-order chi connectivity index (χ0) is 8.16. The van der Waals surface area contributed by atoms with E-state index in [2.05, 4.69) is 17.8 Å². The Morgan fingerprint density at radius 2 is 1.64 bits per heavy atom. The van der Waals surface area contributed by atoms with Crippen molar-refractivity contribution in [3.05, 3.63) is 0 Å². The zero-order valence-corrected chi connectivity index (χ0v) is 8.56. The average molecular weight is 174 g/mol. The van der Waals surface area contributed by atoms with Gasteiger partial charge < -0.3 is 9.16 Å². The van der Waals surface area contributed by atoms with E-state index >= 15 is 0 Å². The molecule has 0 N–H and O–H groups in total. The smallest absolute Gasteiger partial charge is 0.186 e. The molecule has 0 amide bonds. The molecule has 0 atom stereocenters. The fraction of sp³-hybridized carbons (Fsp3) is 1.00. The van der Waals surface area contributed by atoms with Crippen molar-refractivity contribution in [1.82, 2.24) is 0 Å². The molecule has 0 aromatic carbocycles. The van der Waals surface area contributed by atoms with Gasteiger partial charge in [0.15, 0.2) is 8.32 Å². The van der Waals surface area contributed by atoms with Crippen LogP contribution in [0.5, 0.6) is 0 Å². The second-order valence-corrected chi connectivity index (χ2v) is 7.99. The first-order valence-corrected chi connectivity index (χ1v) is 7.54. The highest BCUT2D eigenvalue weighted by Crippen LogP contribution is 2.20. The fourth-order valence-electron chi connectivity index (χ4n) is 1.07. The van der Waals surface area contributed by atoms with E-state index in [1.54, 1.807) is 0 Å². The van der Waals surface area contributed by atoms with Crippen molar-refractivity contribution in [2.75, 3.05) is 19.8 Å². The highest BCUT2D eigenvalue weighted by Gasteiger charge is 2.24. The predicted molar refractivity (Wildman–Crippen MR) is 48.3 cm³/mol. The van der Waals surface area contributed by atoms with E-state index in [0.29, 0.717) is 0 Å². The molecule has 66 valence electrons. The molecular formula is C8H18O2Si. The van der Waals surface area contributed by atoms with Gasteiger partial charge in [-0.1, -0.05) is 6.42 Å². The highest BCUT2D eigenvalue weighted by atomic mass is 28.4. The monoisotopic (exact) mass is 174 g/mol. The minimum absolute atomic E-state index is 1.00. The first-order valence-electron chi connectivity index (χ1n) is 4.42. The van der Waals surface area contributed by atoms with Crippen LogP contribution in [0.15, 0.2) is 0 Å². The summed E-state index contributed by atoms with van der Waals surface area (Å²) in [7, 11) is -1.09. The normalized spacial score (nSPS) is 26.7. The lowest BCUT2D eigenvalue weighted by atomic mass is 10.4. The van der Waals surface area contributed by atoms with Crippen molar-refractivity contribution in [3.63, 3.8) is 0 Å². The molecule has 2 fully saturated rings. The van der Waals surface area contributed by atoms with Crippen molar-refractivity contribution in [2.45, 2.75) is 32.0 Å². The molecule has 0 spiro atoms. The van der Waals surface area contributed by atoms with E-state index in [0.717, 1.165) is 19.8 Å². The molecule has 0 aromatic heterocycles. The number of hydrogen-bond donors (Lipinski definition) is 0. The van der Waals surface area contributed by atoms with E-state index in [9.17, 15) is 0 Å². The molecule has 0 bridgehead atoms. The molecule has 3 heteroatoms. The highest BCUT2D eigenvalue weighted by molar-refractivity contribution is 6.71. The van der Waals surface area contributed by atoms with E-state index in [1.165, 1.54) is 18.9 Å². The maximum absolute atomic E-state index is 5.60. The van der Waals surface area contributed by atoms with E-state index in [4.69, 9.17) is 4.43 Å². The van der Waals surface area contributed by atoms with Gasteiger partial charge in [-0.25, -0.2) is 0 Å². The Hall–Kier alpha value is 0.137. The van der Waals surface area contributed by atoms with Crippen LogP contribution in [0.25, 0.3) is 0 Å². The molecule has 0 unspecified atom stereocenters. The maximum atomic E-state index is 5.60. The van der Waals surface area contributed by atoms with Crippen molar-refractivity contribution in [2.24, 2.45) is 0 Å². The van der Waals surface area contributed by atoms with Gasteiger partial charge in [0.25, 0.3) is 0 Å². The minimum Gasteiger partial charge on any atom is -0.417 e. The Morgan fingerprint density at radius 1 is 1.00 bits per heavy atom. The van der Waals surface area contributed by atoms with Crippen LogP contribution in [0.4, 0.5) is 0 Å². The molecule has 2 rings (SSSR count). The Balaban J connectivity index is 0.000000167. The summed E-state index contributed by atoms with van der Waals surface area (Å²) in [5.41, 5.74) is 0. The van der Waals surface area contributed by atoms with Crippen molar-refractivity contribution < 1.29 is 9.16 Å². The van der Waals surface area contributed by atoms with Gasteiger partial charge >= 0.3 is 0 Å². The summed E-state index contributed by atoms with van der Waals surface area (Å²) in [6.07, 6.45) is 2.69. The summed E-state index contributed by atoms with van der Waals surface area (Å²) in [5, 5.41) is 0. The molecular weight excluding hydrogens is 156 g/mol. The second-order valence-electron chi connectivity index (χ2n) is 3.68. The van der Waals surface area contributed by atoms with Gasteiger partial charge in [-0.3, -0.25) is 0 Å². The van der Waals surface area contributed by atoms with Gasteiger partial charge in [0.2, 0.25) is 0 Å². The molecule has 2 aliphatic heterocycles. The standard InChI is InChI=1S/C6H14OSi.C2H4O/c1-8(2)6-4-3-5-7-8;1-2-3-1/h3-6H2,1-2H3;1-2H2. The number of ether oxygens (including phenoxy) is 1. The predicted octanol–water partition coefficient (Wildman–Crippen LogP) is 2.02. The Bertz CT molecular complexity index is 102. The lowest BCUT2D eigenvalue weighted by Gasteiger charge is -2.27. The lowest BCUT2D eigenvalue weighted by Crippen LogP contribution is -2.33. The molecule has 0 radical (unpaired) electrons. The van der Waals surface area contributed by atoms with Crippen LogP contribution in [0.2, 0.25) is 19.1 Å². The second kappa shape index (κ2) is 4.23. The van der Waals surface area contributed by atoms with Crippen LogP contribution in [0.1, 0.15) is 12.8 Å². The molecule has 2 heterocycles. The van der Waals surface area contributed by atoms with E-state index in [-0.39, 0.29) is 0 Å². The first-order chi connectivity index (χ1) is 5.21. The summed E-state index contributed by atoms with van der Waals surface area (Å²) in [6, 6.07) is 1.37. The van der Waals surface area contributed by atoms with Crippen LogP contribution in [0, 0.1) is 0 Å². The van der Waals surface area contributed by atoms with Gasteiger partial charge in [-0.05, 0) is 25.6 Å². The van der Waals surface area contributed by atoms with Crippen molar-refractivity contribution in [1.29, 1.82) is 0 Å².